The summed E-state index contributed by atoms with van der Waals surface area (Å²) >= 11 is 0. The Hall–Kier alpha value is -2.21. The second-order valence-electron chi connectivity index (χ2n) is 6.44. The van der Waals surface area contributed by atoms with Crippen molar-refractivity contribution in [1.82, 2.24) is 19.7 Å². The molecule has 0 spiro atoms. The van der Waals surface area contributed by atoms with E-state index in [-0.39, 0.29) is 24.6 Å². The number of hydrogen-bond donors (Lipinski definition) is 0. The zero-order valence-corrected chi connectivity index (χ0v) is 13.9. The quantitative estimate of drug-likeness (QED) is 0.861. The van der Waals surface area contributed by atoms with Gasteiger partial charge < -0.3 is 14.2 Å². The molecule has 2 unspecified atom stereocenters. The van der Waals surface area contributed by atoms with Gasteiger partial charge in [-0.25, -0.2) is 0 Å². The summed E-state index contributed by atoms with van der Waals surface area (Å²) in [4.78, 5) is 14.6. The monoisotopic (exact) mass is 326 g/mol. The van der Waals surface area contributed by atoms with Crippen LogP contribution in [0.2, 0.25) is 0 Å². The van der Waals surface area contributed by atoms with Crippen molar-refractivity contribution in [3.63, 3.8) is 0 Å². The molecular formula is C18H22N4O2. The van der Waals surface area contributed by atoms with E-state index in [2.05, 4.69) is 26.9 Å². The third-order valence-corrected chi connectivity index (χ3v) is 5.01. The Kier molecular flexibility index (Phi) is 4.06. The summed E-state index contributed by atoms with van der Waals surface area (Å²) in [5.74, 6) is 1.98. The summed E-state index contributed by atoms with van der Waals surface area (Å²) in [5.41, 5.74) is 1.07. The highest BCUT2D eigenvalue weighted by atomic mass is 16.5. The third-order valence-electron chi connectivity index (χ3n) is 5.01. The molecule has 24 heavy (non-hydrogen) atoms. The lowest BCUT2D eigenvalue weighted by atomic mass is 10.1. The number of fused-ring (bicyclic) bond motifs is 3. The van der Waals surface area contributed by atoms with Gasteiger partial charge in [0.2, 0.25) is 5.91 Å². The summed E-state index contributed by atoms with van der Waals surface area (Å²) in [7, 11) is 0. The maximum atomic E-state index is 12.6. The van der Waals surface area contributed by atoms with Gasteiger partial charge in [-0.15, -0.1) is 10.2 Å². The van der Waals surface area contributed by atoms with Gasteiger partial charge in [0, 0.05) is 31.2 Å². The van der Waals surface area contributed by atoms with Crippen molar-refractivity contribution in [2.24, 2.45) is 0 Å². The average molecular weight is 326 g/mol. The van der Waals surface area contributed by atoms with Crippen molar-refractivity contribution >= 4 is 5.91 Å². The van der Waals surface area contributed by atoms with E-state index in [1.807, 2.05) is 30.0 Å². The van der Waals surface area contributed by atoms with Crippen LogP contribution in [0.4, 0.5) is 0 Å². The minimum Gasteiger partial charge on any atom is -0.372 e. The first-order valence-corrected chi connectivity index (χ1v) is 8.64. The van der Waals surface area contributed by atoms with E-state index in [0.717, 1.165) is 43.0 Å². The lowest BCUT2D eigenvalue weighted by molar-refractivity contribution is -0.138. The second kappa shape index (κ2) is 6.36. The maximum absolute atomic E-state index is 12.6. The van der Waals surface area contributed by atoms with Gasteiger partial charge in [-0.2, -0.15) is 0 Å². The molecule has 6 nitrogen and oxygen atoms in total. The summed E-state index contributed by atoms with van der Waals surface area (Å²) in [5, 5.41) is 8.82. The van der Waals surface area contributed by atoms with E-state index in [0.29, 0.717) is 6.61 Å². The van der Waals surface area contributed by atoms with Gasteiger partial charge in [-0.3, -0.25) is 4.79 Å². The van der Waals surface area contributed by atoms with Crippen LogP contribution >= 0.6 is 0 Å². The number of amides is 1. The van der Waals surface area contributed by atoms with Crippen molar-refractivity contribution in [2.45, 2.75) is 44.8 Å². The molecule has 2 atom stereocenters. The molecule has 0 N–H and O–H groups in total. The molecule has 1 saturated heterocycles. The summed E-state index contributed by atoms with van der Waals surface area (Å²) in [6.07, 6.45) is 2.85. The first-order valence-electron chi connectivity index (χ1n) is 8.64. The van der Waals surface area contributed by atoms with Crippen LogP contribution in [0.5, 0.6) is 0 Å². The highest BCUT2D eigenvalue weighted by molar-refractivity contribution is 5.78. The molecule has 0 radical (unpaired) electrons. The van der Waals surface area contributed by atoms with Crippen LogP contribution in [0.25, 0.3) is 11.4 Å². The van der Waals surface area contributed by atoms with Crippen LogP contribution in [0.15, 0.2) is 30.3 Å². The van der Waals surface area contributed by atoms with Crippen LogP contribution in [-0.2, 0) is 22.5 Å². The van der Waals surface area contributed by atoms with Gasteiger partial charge in [-0.1, -0.05) is 30.3 Å². The molecule has 0 saturated carbocycles. The van der Waals surface area contributed by atoms with E-state index in [1.54, 1.807) is 0 Å². The van der Waals surface area contributed by atoms with Crippen LogP contribution in [0, 0.1) is 0 Å². The molecule has 1 aromatic carbocycles. The Bertz CT molecular complexity index is 728. The van der Waals surface area contributed by atoms with Crippen molar-refractivity contribution in [3.05, 3.63) is 36.2 Å². The van der Waals surface area contributed by atoms with Crippen molar-refractivity contribution in [3.8, 4) is 11.4 Å². The first kappa shape index (κ1) is 15.3. The molecule has 1 fully saturated rings. The molecule has 2 bridgehead atoms. The third kappa shape index (κ3) is 2.60. The number of aromatic nitrogens is 3. The Morgan fingerprint density at radius 3 is 2.79 bits per heavy atom. The fourth-order valence-corrected chi connectivity index (χ4v) is 3.91. The van der Waals surface area contributed by atoms with Crippen molar-refractivity contribution in [2.75, 3.05) is 13.2 Å². The molecule has 0 aliphatic carbocycles. The number of carbonyl (C=O) groups excluding carboxylic acids is 1. The van der Waals surface area contributed by atoms with Crippen LogP contribution < -0.4 is 0 Å². The molecule has 1 aromatic heterocycles. The standard InChI is InChI=1S/C18H22N4O2/c1-2-24-12-17(23)22-14-8-9-15(22)11-21-16(10-14)19-20-18(21)13-6-4-3-5-7-13/h3-7,14-15H,2,8-12H2,1H3. The molecule has 3 heterocycles. The molecule has 2 aromatic rings. The Morgan fingerprint density at radius 1 is 1.21 bits per heavy atom. The van der Waals surface area contributed by atoms with Crippen LogP contribution in [0.1, 0.15) is 25.6 Å². The number of benzene rings is 1. The van der Waals surface area contributed by atoms with Gasteiger partial charge in [0.1, 0.15) is 12.4 Å². The highest BCUT2D eigenvalue weighted by Gasteiger charge is 2.40. The van der Waals surface area contributed by atoms with Crippen molar-refractivity contribution < 1.29 is 9.53 Å². The summed E-state index contributed by atoms with van der Waals surface area (Å²) < 4.78 is 7.53. The topological polar surface area (TPSA) is 60.2 Å². The fraction of sp³-hybridized carbons (Fsp3) is 0.500. The number of carbonyl (C=O) groups is 1. The molecular weight excluding hydrogens is 304 g/mol. The minimum absolute atomic E-state index is 0.101. The molecule has 4 rings (SSSR count). The van der Waals surface area contributed by atoms with Crippen molar-refractivity contribution in [1.29, 1.82) is 0 Å². The van der Waals surface area contributed by atoms with Crippen LogP contribution in [-0.4, -0.2) is 50.9 Å². The smallest absolute Gasteiger partial charge is 0.249 e. The molecule has 2 aliphatic rings. The van der Waals surface area contributed by atoms with Gasteiger partial charge in [-0.05, 0) is 19.8 Å². The number of rotatable bonds is 4. The number of ether oxygens (including phenoxy) is 1. The van der Waals surface area contributed by atoms with Gasteiger partial charge >= 0.3 is 0 Å². The predicted molar refractivity (Wildman–Crippen MR) is 89.3 cm³/mol. The number of hydrogen-bond acceptors (Lipinski definition) is 4. The average Bonchev–Trinajstić information content (AvgIpc) is 3.13. The minimum atomic E-state index is 0.101. The molecule has 2 aliphatic heterocycles. The number of nitrogens with zero attached hydrogens (tertiary/aromatic N) is 4. The van der Waals surface area contributed by atoms with E-state index in [1.165, 1.54) is 0 Å². The van der Waals surface area contributed by atoms with E-state index in [4.69, 9.17) is 4.74 Å². The molecule has 1 amide bonds. The Balaban J connectivity index is 1.63. The molecule has 6 heteroatoms. The second-order valence-corrected chi connectivity index (χ2v) is 6.44. The lowest BCUT2D eigenvalue weighted by Gasteiger charge is -2.27. The van der Waals surface area contributed by atoms with Gasteiger partial charge in [0.05, 0.1) is 6.04 Å². The summed E-state index contributed by atoms with van der Waals surface area (Å²) in [6.45, 7) is 3.42. The van der Waals surface area contributed by atoms with Crippen LogP contribution in [0.3, 0.4) is 0 Å². The SMILES string of the molecule is CCOCC(=O)N1C2CCC1Cn1c(nnc1-c1ccccc1)C2. The summed E-state index contributed by atoms with van der Waals surface area (Å²) in [6, 6.07) is 10.6. The molecule has 126 valence electrons. The predicted octanol–water partition coefficient (Wildman–Crippen LogP) is 1.90. The fourth-order valence-electron chi connectivity index (χ4n) is 3.91. The van der Waals surface area contributed by atoms with E-state index < -0.39 is 0 Å². The zero-order chi connectivity index (χ0) is 16.5. The largest absolute Gasteiger partial charge is 0.372 e. The highest BCUT2D eigenvalue weighted by Crippen LogP contribution is 2.33. The van der Waals surface area contributed by atoms with E-state index in [9.17, 15) is 4.79 Å². The normalized spacial score (nSPS) is 22.3. The Morgan fingerprint density at radius 2 is 2.00 bits per heavy atom. The maximum Gasteiger partial charge on any atom is 0.249 e. The zero-order valence-electron chi connectivity index (χ0n) is 13.9. The van der Waals surface area contributed by atoms with E-state index >= 15 is 0 Å². The van der Waals surface area contributed by atoms with Gasteiger partial charge in [0.15, 0.2) is 5.82 Å². The first-order chi connectivity index (χ1) is 11.8. The van der Waals surface area contributed by atoms with Gasteiger partial charge in [0.25, 0.3) is 0 Å². The Labute approximate surface area is 141 Å². The lowest BCUT2D eigenvalue weighted by Crippen LogP contribution is -2.44.